The van der Waals surface area contributed by atoms with E-state index in [0.717, 1.165) is 10.0 Å². The minimum atomic E-state index is -0.787. The van der Waals surface area contributed by atoms with Gasteiger partial charge in [0.2, 0.25) is 6.10 Å². The second kappa shape index (κ2) is 6.36. The zero-order valence-electron chi connectivity index (χ0n) is 10.0. The van der Waals surface area contributed by atoms with Gasteiger partial charge >= 0.3 is 0 Å². The maximum Gasteiger partial charge on any atom is 0.279 e. The first kappa shape index (κ1) is 13.6. The van der Waals surface area contributed by atoms with Gasteiger partial charge in [0.1, 0.15) is 5.75 Å². The van der Waals surface area contributed by atoms with Gasteiger partial charge in [-0.15, -0.1) is 0 Å². The highest BCUT2D eigenvalue weighted by atomic mass is 79.9. The lowest BCUT2D eigenvalue weighted by Gasteiger charge is -2.18. The molecule has 0 saturated heterocycles. The molecule has 0 fully saturated rings. The number of nitrogens with two attached hydrogens (primary N) is 1. The third kappa shape index (κ3) is 3.33. The molecule has 19 heavy (non-hydrogen) atoms. The first-order valence-electron chi connectivity index (χ1n) is 5.69. The van der Waals surface area contributed by atoms with E-state index in [9.17, 15) is 4.79 Å². The Morgan fingerprint density at radius 3 is 2.37 bits per heavy atom. The lowest BCUT2D eigenvalue weighted by molar-refractivity contribution is -0.128. The van der Waals surface area contributed by atoms with Gasteiger partial charge in [-0.05, 0) is 28.1 Å². The molecule has 2 aromatic carbocycles. The van der Waals surface area contributed by atoms with Crippen LogP contribution in [0.15, 0.2) is 59.1 Å². The summed E-state index contributed by atoms with van der Waals surface area (Å²) in [6.45, 7) is 0. The Morgan fingerprint density at radius 2 is 1.74 bits per heavy atom. The number of rotatable bonds is 4. The largest absolute Gasteiger partial charge is 0.475 e. The Bertz CT molecular complexity index is 560. The molecule has 3 N–H and O–H groups in total. The van der Waals surface area contributed by atoms with E-state index in [-0.39, 0.29) is 0 Å². The van der Waals surface area contributed by atoms with E-state index in [2.05, 4.69) is 21.4 Å². The zero-order valence-corrected chi connectivity index (χ0v) is 11.6. The van der Waals surface area contributed by atoms with E-state index in [0.29, 0.717) is 5.75 Å². The fraction of sp³-hybridized carbons (Fsp3) is 0.0714. The molecule has 1 atom stereocenters. The summed E-state index contributed by atoms with van der Waals surface area (Å²) in [5.74, 6) is 5.39. The van der Waals surface area contributed by atoms with Crippen LogP contribution in [-0.2, 0) is 4.79 Å². The maximum atomic E-state index is 11.9. The SMILES string of the molecule is NNC(=O)C(Oc1ccccc1Br)c1ccccc1. The van der Waals surface area contributed by atoms with Gasteiger partial charge in [0, 0.05) is 5.56 Å². The minimum Gasteiger partial charge on any atom is -0.475 e. The summed E-state index contributed by atoms with van der Waals surface area (Å²) in [6.07, 6.45) is -0.787. The van der Waals surface area contributed by atoms with E-state index in [1.807, 2.05) is 48.5 Å². The summed E-state index contributed by atoms with van der Waals surface area (Å²) in [7, 11) is 0. The lowest BCUT2D eigenvalue weighted by atomic mass is 10.1. The number of carbonyl (C=O) groups is 1. The van der Waals surface area contributed by atoms with Gasteiger partial charge in [-0.2, -0.15) is 0 Å². The Hall–Kier alpha value is -1.85. The minimum absolute atomic E-state index is 0.401. The molecular weight excluding hydrogens is 308 g/mol. The molecule has 0 saturated carbocycles. The van der Waals surface area contributed by atoms with Crippen molar-refractivity contribution in [3.05, 3.63) is 64.6 Å². The molecule has 98 valence electrons. The molecule has 4 nitrogen and oxygen atoms in total. The van der Waals surface area contributed by atoms with Crippen LogP contribution < -0.4 is 16.0 Å². The predicted octanol–water partition coefficient (Wildman–Crippen LogP) is 2.56. The first-order chi connectivity index (χ1) is 9.22. The average Bonchev–Trinajstić information content (AvgIpc) is 2.46. The third-order valence-electron chi connectivity index (χ3n) is 2.56. The standard InChI is InChI=1S/C14H13BrN2O2/c15-11-8-4-5-9-12(11)19-13(14(18)17-16)10-6-2-1-3-7-10/h1-9,13H,16H2,(H,17,18). The molecule has 0 heterocycles. The van der Waals surface area contributed by atoms with Crippen LogP contribution in [0.1, 0.15) is 11.7 Å². The van der Waals surface area contributed by atoms with Crippen molar-refractivity contribution in [1.82, 2.24) is 5.43 Å². The Balaban J connectivity index is 2.30. The molecule has 0 aliphatic rings. The van der Waals surface area contributed by atoms with Crippen molar-refractivity contribution in [3.63, 3.8) is 0 Å². The van der Waals surface area contributed by atoms with Crippen molar-refractivity contribution in [3.8, 4) is 5.75 Å². The number of carbonyl (C=O) groups excluding carboxylic acids is 1. The highest BCUT2D eigenvalue weighted by Gasteiger charge is 2.22. The molecule has 5 heteroatoms. The monoisotopic (exact) mass is 320 g/mol. The summed E-state index contributed by atoms with van der Waals surface area (Å²) in [4.78, 5) is 11.9. The number of hydrazine groups is 1. The number of para-hydroxylation sites is 1. The number of hydrogen-bond acceptors (Lipinski definition) is 3. The Morgan fingerprint density at radius 1 is 1.11 bits per heavy atom. The topological polar surface area (TPSA) is 64.3 Å². The van der Waals surface area contributed by atoms with Crippen LogP contribution in [0.25, 0.3) is 0 Å². The van der Waals surface area contributed by atoms with Gasteiger partial charge in [-0.1, -0.05) is 42.5 Å². The molecule has 0 aromatic heterocycles. The Labute approximate surface area is 119 Å². The predicted molar refractivity (Wildman–Crippen MR) is 76.3 cm³/mol. The molecule has 2 aromatic rings. The van der Waals surface area contributed by atoms with Gasteiger partial charge in [-0.25, -0.2) is 5.84 Å². The molecule has 1 amide bonds. The van der Waals surface area contributed by atoms with Crippen molar-refractivity contribution < 1.29 is 9.53 Å². The van der Waals surface area contributed by atoms with Crippen LogP contribution in [0.3, 0.4) is 0 Å². The van der Waals surface area contributed by atoms with E-state index in [1.54, 1.807) is 6.07 Å². The number of hydrogen-bond donors (Lipinski definition) is 2. The normalized spacial score (nSPS) is 11.7. The smallest absolute Gasteiger partial charge is 0.279 e. The summed E-state index contributed by atoms with van der Waals surface area (Å²) in [6, 6.07) is 16.5. The summed E-state index contributed by atoms with van der Waals surface area (Å²) in [5, 5.41) is 0. The second-order valence-corrected chi connectivity index (χ2v) is 4.70. The molecule has 1 unspecified atom stereocenters. The third-order valence-corrected chi connectivity index (χ3v) is 3.22. The number of nitrogens with one attached hydrogen (secondary N) is 1. The summed E-state index contributed by atoms with van der Waals surface area (Å²) in [5.41, 5.74) is 2.86. The number of halogens is 1. The number of ether oxygens (including phenoxy) is 1. The fourth-order valence-corrected chi connectivity index (χ4v) is 2.02. The molecule has 0 spiro atoms. The van der Waals surface area contributed by atoms with Gasteiger partial charge < -0.3 is 4.74 Å². The molecule has 0 bridgehead atoms. The van der Waals surface area contributed by atoms with Crippen molar-refractivity contribution >= 4 is 21.8 Å². The zero-order chi connectivity index (χ0) is 13.7. The van der Waals surface area contributed by atoms with Crippen LogP contribution in [0.5, 0.6) is 5.75 Å². The van der Waals surface area contributed by atoms with E-state index >= 15 is 0 Å². The highest BCUT2D eigenvalue weighted by molar-refractivity contribution is 9.10. The van der Waals surface area contributed by atoms with Crippen LogP contribution >= 0.6 is 15.9 Å². The fourth-order valence-electron chi connectivity index (χ4n) is 1.64. The van der Waals surface area contributed by atoms with Gasteiger partial charge in [0.25, 0.3) is 5.91 Å². The number of benzene rings is 2. The van der Waals surface area contributed by atoms with Crippen molar-refractivity contribution in [2.24, 2.45) is 5.84 Å². The van der Waals surface area contributed by atoms with Crippen molar-refractivity contribution in [1.29, 1.82) is 0 Å². The molecular formula is C14H13BrN2O2. The van der Waals surface area contributed by atoms with E-state index in [4.69, 9.17) is 10.6 Å². The van der Waals surface area contributed by atoms with Gasteiger partial charge in [-0.3, -0.25) is 10.2 Å². The number of amides is 1. The van der Waals surface area contributed by atoms with Crippen LogP contribution in [0.4, 0.5) is 0 Å². The van der Waals surface area contributed by atoms with E-state index in [1.165, 1.54) is 0 Å². The highest BCUT2D eigenvalue weighted by Crippen LogP contribution is 2.29. The average molecular weight is 321 g/mol. The first-order valence-corrected chi connectivity index (χ1v) is 6.48. The molecule has 2 rings (SSSR count). The lowest BCUT2D eigenvalue weighted by Crippen LogP contribution is -2.37. The van der Waals surface area contributed by atoms with Crippen LogP contribution in [-0.4, -0.2) is 5.91 Å². The van der Waals surface area contributed by atoms with Gasteiger partial charge in [0.05, 0.1) is 4.47 Å². The summed E-state index contributed by atoms with van der Waals surface area (Å²) < 4.78 is 6.52. The Kier molecular flexibility index (Phi) is 4.54. The van der Waals surface area contributed by atoms with Crippen molar-refractivity contribution in [2.45, 2.75) is 6.10 Å². The van der Waals surface area contributed by atoms with E-state index < -0.39 is 12.0 Å². The summed E-state index contributed by atoms with van der Waals surface area (Å²) >= 11 is 3.38. The molecule has 0 aliphatic heterocycles. The molecule has 0 aliphatic carbocycles. The van der Waals surface area contributed by atoms with Gasteiger partial charge in [0.15, 0.2) is 0 Å². The maximum absolute atomic E-state index is 11.9. The van der Waals surface area contributed by atoms with Crippen LogP contribution in [0, 0.1) is 0 Å². The van der Waals surface area contributed by atoms with Crippen molar-refractivity contribution in [2.75, 3.05) is 0 Å². The quantitative estimate of drug-likeness (QED) is 0.517. The second-order valence-electron chi connectivity index (χ2n) is 3.85. The van der Waals surface area contributed by atoms with Crippen LogP contribution in [0.2, 0.25) is 0 Å². The molecule has 0 radical (unpaired) electrons.